The molecule has 0 aliphatic heterocycles. The van der Waals surface area contributed by atoms with Crippen LogP contribution in [0.3, 0.4) is 0 Å². The molecule has 1 aromatic carbocycles. The summed E-state index contributed by atoms with van der Waals surface area (Å²) in [6.45, 7) is 0. The Morgan fingerprint density at radius 2 is 1.71 bits per heavy atom. The highest BCUT2D eigenvalue weighted by Crippen LogP contribution is 2.37. The third kappa shape index (κ3) is 2.64. The second kappa shape index (κ2) is 6.39. The number of fused-ring (bicyclic) bond motifs is 1. The standard InChI is InChI=1S/C18H20N2O4/c1-20-14-6-5-11(18(21)13(14)10-19-20)7-12-8-16(23-3)17(24-4)9-15(12)22-2/h7-10H,5-6H2,1-4H3/b11-7+. The number of ether oxygens (including phenoxy) is 3. The fourth-order valence-corrected chi connectivity index (χ4v) is 2.98. The Labute approximate surface area is 140 Å². The van der Waals surface area contributed by atoms with Crippen molar-refractivity contribution in [2.75, 3.05) is 21.3 Å². The van der Waals surface area contributed by atoms with Crippen LogP contribution >= 0.6 is 0 Å². The lowest BCUT2D eigenvalue weighted by atomic mass is 9.90. The molecule has 0 spiro atoms. The van der Waals surface area contributed by atoms with Crippen LogP contribution in [0.2, 0.25) is 0 Å². The Bertz CT molecular complexity index is 821. The quantitative estimate of drug-likeness (QED) is 0.808. The molecule has 1 aromatic heterocycles. The zero-order valence-corrected chi connectivity index (χ0v) is 14.3. The van der Waals surface area contributed by atoms with Crippen LogP contribution in [0.25, 0.3) is 6.08 Å². The molecule has 0 atom stereocenters. The first-order valence-electron chi connectivity index (χ1n) is 7.65. The summed E-state index contributed by atoms with van der Waals surface area (Å²) in [6, 6.07) is 3.57. The molecule has 0 radical (unpaired) electrons. The van der Waals surface area contributed by atoms with Crippen molar-refractivity contribution in [3.8, 4) is 17.2 Å². The predicted octanol–water partition coefficient (Wildman–Crippen LogP) is 2.66. The minimum atomic E-state index is 0.0150. The van der Waals surface area contributed by atoms with Gasteiger partial charge in [0.05, 0.1) is 33.1 Å². The summed E-state index contributed by atoms with van der Waals surface area (Å²) in [7, 11) is 6.60. The highest BCUT2D eigenvalue weighted by molar-refractivity contribution is 6.13. The Morgan fingerprint density at radius 1 is 1.04 bits per heavy atom. The summed E-state index contributed by atoms with van der Waals surface area (Å²) in [5, 5.41) is 4.18. The second-order valence-electron chi connectivity index (χ2n) is 5.58. The summed E-state index contributed by atoms with van der Waals surface area (Å²) in [5.74, 6) is 1.82. The number of aryl methyl sites for hydroxylation is 1. The van der Waals surface area contributed by atoms with Crippen LogP contribution in [0, 0.1) is 0 Å². The summed E-state index contributed by atoms with van der Waals surface area (Å²) in [5.41, 5.74) is 3.18. The first kappa shape index (κ1) is 16.1. The maximum Gasteiger partial charge on any atom is 0.192 e. The van der Waals surface area contributed by atoms with Crippen molar-refractivity contribution in [2.24, 2.45) is 7.05 Å². The van der Waals surface area contributed by atoms with Gasteiger partial charge >= 0.3 is 0 Å². The van der Waals surface area contributed by atoms with Crippen molar-refractivity contribution in [3.05, 3.63) is 40.7 Å². The van der Waals surface area contributed by atoms with Gasteiger partial charge in [0, 0.05) is 29.9 Å². The molecule has 0 N–H and O–H groups in total. The highest BCUT2D eigenvalue weighted by Gasteiger charge is 2.25. The number of ketones is 1. The third-order valence-electron chi connectivity index (χ3n) is 4.29. The molecule has 0 fully saturated rings. The molecule has 2 aromatic rings. The number of carbonyl (C=O) groups excluding carboxylic acids is 1. The van der Waals surface area contributed by atoms with E-state index >= 15 is 0 Å². The first-order valence-corrected chi connectivity index (χ1v) is 7.65. The Balaban J connectivity index is 2.04. The van der Waals surface area contributed by atoms with Gasteiger partial charge < -0.3 is 14.2 Å². The van der Waals surface area contributed by atoms with Crippen LogP contribution in [0.1, 0.15) is 28.0 Å². The van der Waals surface area contributed by atoms with Crippen LogP contribution in [-0.2, 0) is 13.5 Å². The van der Waals surface area contributed by atoms with Crippen LogP contribution < -0.4 is 14.2 Å². The van der Waals surface area contributed by atoms with Gasteiger partial charge in [0.2, 0.25) is 0 Å². The van der Waals surface area contributed by atoms with Gasteiger partial charge in [-0.2, -0.15) is 5.10 Å². The van der Waals surface area contributed by atoms with E-state index in [1.54, 1.807) is 38.3 Å². The maximum atomic E-state index is 12.7. The molecule has 1 heterocycles. The summed E-state index contributed by atoms with van der Waals surface area (Å²) < 4.78 is 17.8. The van der Waals surface area contributed by atoms with E-state index in [9.17, 15) is 4.79 Å². The normalized spacial score (nSPS) is 15.3. The monoisotopic (exact) mass is 328 g/mol. The number of rotatable bonds is 4. The SMILES string of the molecule is COc1cc(OC)c(OC)cc1/C=C1\CCc2c(cnn2C)C1=O. The maximum absolute atomic E-state index is 12.7. The van der Waals surface area contributed by atoms with Gasteiger partial charge in [0.25, 0.3) is 0 Å². The lowest BCUT2D eigenvalue weighted by molar-refractivity contribution is 0.102. The third-order valence-corrected chi connectivity index (χ3v) is 4.29. The van der Waals surface area contributed by atoms with E-state index in [0.29, 0.717) is 29.2 Å². The number of carbonyl (C=O) groups is 1. The highest BCUT2D eigenvalue weighted by atomic mass is 16.5. The number of Topliss-reactive ketones (excluding diaryl/α,β-unsaturated/α-hetero) is 1. The number of methoxy groups -OCH3 is 3. The molecule has 6 heteroatoms. The largest absolute Gasteiger partial charge is 0.496 e. The van der Waals surface area contributed by atoms with E-state index in [1.807, 2.05) is 19.2 Å². The molecular weight excluding hydrogens is 308 g/mol. The molecule has 0 saturated carbocycles. The minimum absolute atomic E-state index is 0.0150. The second-order valence-corrected chi connectivity index (χ2v) is 5.58. The number of hydrogen-bond donors (Lipinski definition) is 0. The van der Waals surface area contributed by atoms with E-state index in [1.165, 1.54) is 0 Å². The zero-order chi connectivity index (χ0) is 17.3. The van der Waals surface area contributed by atoms with Crippen molar-refractivity contribution >= 4 is 11.9 Å². The molecule has 0 amide bonds. The topological polar surface area (TPSA) is 62.6 Å². The fourth-order valence-electron chi connectivity index (χ4n) is 2.98. The fraction of sp³-hybridized carbons (Fsp3) is 0.333. The molecule has 1 aliphatic rings. The zero-order valence-electron chi connectivity index (χ0n) is 14.3. The molecule has 1 aliphatic carbocycles. The average Bonchev–Trinajstić information content (AvgIpc) is 2.98. The van der Waals surface area contributed by atoms with E-state index < -0.39 is 0 Å². The number of hydrogen-bond acceptors (Lipinski definition) is 5. The Morgan fingerprint density at radius 3 is 2.38 bits per heavy atom. The van der Waals surface area contributed by atoms with Gasteiger partial charge in [0.15, 0.2) is 17.3 Å². The Hall–Kier alpha value is -2.76. The van der Waals surface area contributed by atoms with Crippen LogP contribution in [-0.4, -0.2) is 36.9 Å². The van der Waals surface area contributed by atoms with Gasteiger partial charge in [0.1, 0.15) is 5.75 Å². The lowest BCUT2D eigenvalue weighted by Gasteiger charge is -2.16. The Kier molecular flexibility index (Phi) is 4.29. The summed E-state index contributed by atoms with van der Waals surface area (Å²) >= 11 is 0. The molecule has 6 nitrogen and oxygen atoms in total. The molecule has 0 unspecified atom stereocenters. The van der Waals surface area contributed by atoms with Crippen molar-refractivity contribution in [1.82, 2.24) is 9.78 Å². The van der Waals surface area contributed by atoms with Crippen molar-refractivity contribution in [2.45, 2.75) is 12.8 Å². The van der Waals surface area contributed by atoms with E-state index in [4.69, 9.17) is 14.2 Å². The smallest absolute Gasteiger partial charge is 0.192 e. The predicted molar refractivity (Wildman–Crippen MR) is 89.9 cm³/mol. The van der Waals surface area contributed by atoms with Crippen molar-refractivity contribution < 1.29 is 19.0 Å². The molecule has 126 valence electrons. The van der Waals surface area contributed by atoms with Gasteiger partial charge in [-0.15, -0.1) is 0 Å². The van der Waals surface area contributed by atoms with Gasteiger partial charge in [-0.3, -0.25) is 9.48 Å². The molecule has 0 bridgehead atoms. The average molecular weight is 328 g/mol. The van der Waals surface area contributed by atoms with E-state index in [2.05, 4.69) is 5.10 Å². The lowest BCUT2D eigenvalue weighted by Crippen LogP contribution is -2.15. The summed E-state index contributed by atoms with van der Waals surface area (Å²) in [6.07, 6.45) is 4.96. The van der Waals surface area contributed by atoms with Gasteiger partial charge in [-0.1, -0.05) is 0 Å². The van der Waals surface area contributed by atoms with Crippen molar-refractivity contribution in [3.63, 3.8) is 0 Å². The number of nitrogens with zero attached hydrogens (tertiary/aromatic N) is 2. The molecule has 24 heavy (non-hydrogen) atoms. The summed E-state index contributed by atoms with van der Waals surface area (Å²) in [4.78, 5) is 12.7. The molecule has 0 saturated heterocycles. The molecule has 3 rings (SSSR count). The number of allylic oxidation sites excluding steroid dienone is 1. The number of benzene rings is 1. The van der Waals surface area contributed by atoms with Crippen LogP contribution in [0.15, 0.2) is 23.9 Å². The van der Waals surface area contributed by atoms with Crippen LogP contribution in [0.4, 0.5) is 0 Å². The minimum Gasteiger partial charge on any atom is -0.496 e. The van der Waals surface area contributed by atoms with Crippen molar-refractivity contribution in [1.29, 1.82) is 0 Å². The molecular formula is C18H20N2O4. The van der Waals surface area contributed by atoms with E-state index in [0.717, 1.165) is 23.3 Å². The first-order chi connectivity index (χ1) is 11.6. The van der Waals surface area contributed by atoms with Gasteiger partial charge in [-0.25, -0.2) is 0 Å². The van der Waals surface area contributed by atoms with Gasteiger partial charge in [-0.05, 0) is 25.0 Å². The van der Waals surface area contributed by atoms with E-state index in [-0.39, 0.29) is 5.78 Å². The van der Waals surface area contributed by atoms with Crippen LogP contribution in [0.5, 0.6) is 17.2 Å². The number of aromatic nitrogens is 2.